The molecule has 2 bridgehead atoms. The minimum atomic E-state index is -0.711. The highest BCUT2D eigenvalue weighted by Gasteiger charge is 2.55. The maximum atomic E-state index is 13.7. The van der Waals surface area contributed by atoms with E-state index in [-0.39, 0.29) is 42.4 Å². The van der Waals surface area contributed by atoms with Crippen LogP contribution in [0.4, 0.5) is 4.79 Å². The first-order valence-corrected chi connectivity index (χ1v) is 18.1. The van der Waals surface area contributed by atoms with Gasteiger partial charge in [-0.3, -0.25) is 4.90 Å². The Morgan fingerprint density at radius 3 is 1.93 bits per heavy atom. The van der Waals surface area contributed by atoms with Crippen molar-refractivity contribution < 1.29 is 38.7 Å². The first-order chi connectivity index (χ1) is 26.2. The van der Waals surface area contributed by atoms with E-state index in [9.17, 15) is 20.3 Å². The van der Waals surface area contributed by atoms with Crippen LogP contribution in [-0.2, 0) is 17.6 Å². The number of ether oxygens (including phenoxy) is 5. The van der Waals surface area contributed by atoms with Crippen LogP contribution >= 0.6 is 0 Å². The van der Waals surface area contributed by atoms with E-state index in [0.717, 1.165) is 33.4 Å². The lowest BCUT2D eigenvalue weighted by atomic mass is 9.72. The van der Waals surface area contributed by atoms with Crippen LogP contribution in [0.1, 0.15) is 62.5 Å². The van der Waals surface area contributed by atoms with Gasteiger partial charge >= 0.3 is 6.09 Å². The maximum absolute atomic E-state index is 13.7. The number of amides is 1. The highest BCUT2D eigenvalue weighted by atomic mass is 16.5. The quantitative estimate of drug-likeness (QED) is 0.176. The molecule has 54 heavy (non-hydrogen) atoms. The average Bonchev–Trinajstić information content (AvgIpc) is 3.50. The molecule has 4 aliphatic rings. The Kier molecular flexibility index (Phi) is 8.95. The van der Waals surface area contributed by atoms with Crippen LogP contribution < -0.4 is 29.6 Å². The van der Waals surface area contributed by atoms with E-state index < -0.39 is 30.3 Å². The van der Waals surface area contributed by atoms with Crippen LogP contribution in [-0.4, -0.2) is 80.9 Å². The molecule has 12 nitrogen and oxygen atoms in total. The summed E-state index contributed by atoms with van der Waals surface area (Å²) in [6.07, 6.45) is 0.113. The number of phenolic OH excluding ortho intramolecular Hbond substituents is 2. The summed E-state index contributed by atoms with van der Waals surface area (Å²) in [4.78, 5) is 15.7. The molecule has 5 atom stereocenters. The third-order valence-electron chi connectivity index (χ3n) is 11.9. The lowest BCUT2D eigenvalue weighted by molar-refractivity contribution is -0.00166. The number of nitrogens with zero attached hydrogens (tertiary/aromatic N) is 2. The minimum Gasteiger partial charge on any atom is -0.504 e. The second-order valence-electron chi connectivity index (χ2n) is 14.3. The number of alkyl carbamates (subject to hydrolysis) is 1. The Morgan fingerprint density at radius 1 is 0.833 bits per heavy atom. The lowest BCUT2D eigenvalue weighted by Crippen LogP contribution is -2.68. The smallest absolute Gasteiger partial charge is 0.407 e. The van der Waals surface area contributed by atoms with E-state index in [2.05, 4.69) is 45.9 Å². The van der Waals surface area contributed by atoms with E-state index in [1.807, 2.05) is 38.1 Å². The molecule has 1 saturated heterocycles. The number of methoxy groups -OCH3 is 4. The average molecular weight is 733 g/mol. The van der Waals surface area contributed by atoms with E-state index in [1.54, 1.807) is 14.2 Å². The molecule has 4 N–H and O–H groups in total. The van der Waals surface area contributed by atoms with Crippen molar-refractivity contribution in [1.29, 1.82) is 5.26 Å². The number of carbonyl (C=O) groups excluding carboxylic acids is 1. The van der Waals surface area contributed by atoms with Crippen molar-refractivity contribution in [2.75, 3.05) is 41.6 Å². The SMILES string of the molecule is COc1c(C)c(OC)c2c(c1O)[C@H]1N[C@@H](C2)[C@H](C#N)N2[C@@H](CNC(=O)OCC3c4ccccc4-c4ccccc43)c3c(O)c(OC)c(C)c(OC)c3C[C@@H]12. The number of hydrogen-bond acceptors (Lipinski definition) is 11. The first kappa shape index (κ1) is 35.4. The summed E-state index contributed by atoms with van der Waals surface area (Å²) in [6, 6.07) is 16.1. The highest BCUT2D eigenvalue weighted by molar-refractivity contribution is 5.79. The fraction of sp³-hybridized carbons (Fsp3) is 0.381. The summed E-state index contributed by atoms with van der Waals surface area (Å²) in [6.45, 7) is 3.80. The van der Waals surface area contributed by atoms with Crippen molar-refractivity contribution >= 4 is 6.09 Å². The van der Waals surface area contributed by atoms with Gasteiger partial charge in [-0.15, -0.1) is 0 Å². The first-order valence-electron chi connectivity index (χ1n) is 18.1. The Hall–Kier alpha value is -5.64. The summed E-state index contributed by atoms with van der Waals surface area (Å²) in [5, 5.41) is 41.2. The standard InChI is InChI=1S/C42H44N4O8/c1-20-38(50-3)26-15-29-31(17-43)46-30(35(45-29)34(26)37(48)41(20)53-6)16-27-33(36(47)40(52-5)21(2)39(27)51-4)32(46)18-44-42(49)54-19-28-24-13-9-7-11-22(24)23-12-8-10-14-25(23)28/h7-14,28-32,35,45,47-48H,15-16,18-19H2,1-6H3,(H,44,49)/t29-,30-,31-,32-,35-/m0/s1. The van der Waals surface area contributed by atoms with E-state index in [1.165, 1.54) is 14.2 Å². The predicted octanol–water partition coefficient (Wildman–Crippen LogP) is 5.72. The van der Waals surface area contributed by atoms with Crippen molar-refractivity contribution in [3.63, 3.8) is 0 Å². The molecule has 1 fully saturated rings. The summed E-state index contributed by atoms with van der Waals surface area (Å²) in [7, 11) is 6.16. The number of benzene rings is 4. The number of piperazine rings is 1. The van der Waals surface area contributed by atoms with E-state index in [0.29, 0.717) is 52.3 Å². The summed E-state index contributed by atoms with van der Waals surface area (Å²) >= 11 is 0. The summed E-state index contributed by atoms with van der Waals surface area (Å²) in [5.41, 5.74) is 8.45. The molecule has 3 heterocycles. The van der Waals surface area contributed by atoms with Crippen molar-refractivity contribution in [1.82, 2.24) is 15.5 Å². The molecule has 280 valence electrons. The molecule has 8 rings (SSSR count). The molecule has 3 aliphatic heterocycles. The molecule has 1 amide bonds. The topological polar surface area (TPSA) is 155 Å². The number of carbonyl (C=O) groups is 1. The second kappa shape index (κ2) is 13.6. The van der Waals surface area contributed by atoms with Gasteiger partial charge in [0, 0.05) is 57.9 Å². The number of phenols is 2. The normalized spacial score (nSPS) is 22.1. The van der Waals surface area contributed by atoms with Crippen LogP contribution in [0.15, 0.2) is 48.5 Å². The van der Waals surface area contributed by atoms with Gasteiger partial charge in [0.1, 0.15) is 24.1 Å². The zero-order valence-corrected chi connectivity index (χ0v) is 31.1. The molecule has 0 aromatic heterocycles. The van der Waals surface area contributed by atoms with Gasteiger partial charge in [0.15, 0.2) is 23.0 Å². The maximum Gasteiger partial charge on any atom is 0.407 e. The molecule has 4 aromatic carbocycles. The van der Waals surface area contributed by atoms with Crippen LogP contribution in [0, 0.1) is 25.2 Å². The highest BCUT2D eigenvalue weighted by Crippen LogP contribution is 2.57. The van der Waals surface area contributed by atoms with Crippen molar-refractivity contribution in [3.05, 3.63) is 93.0 Å². The van der Waals surface area contributed by atoms with Gasteiger partial charge in [-0.2, -0.15) is 5.26 Å². The number of aromatic hydroxyl groups is 2. The van der Waals surface area contributed by atoms with E-state index >= 15 is 0 Å². The second-order valence-corrected chi connectivity index (χ2v) is 14.3. The van der Waals surface area contributed by atoms with Gasteiger partial charge in [0.05, 0.1) is 46.6 Å². The number of nitriles is 1. The Bertz CT molecular complexity index is 2170. The van der Waals surface area contributed by atoms with E-state index in [4.69, 9.17) is 23.7 Å². The van der Waals surface area contributed by atoms with Gasteiger partial charge in [-0.25, -0.2) is 4.79 Å². The minimum absolute atomic E-state index is 0.000102. The monoisotopic (exact) mass is 732 g/mol. The Balaban J connectivity index is 1.18. The number of fused-ring (bicyclic) bond motifs is 10. The van der Waals surface area contributed by atoms with Gasteiger partial charge in [-0.1, -0.05) is 48.5 Å². The number of rotatable bonds is 8. The molecule has 12 heteroatoms. The number of nitrogens with one attached hydrogen (secondary N) is 2. The molecule has 0 radical (unpaired) electrons. The molecular formula is C42H44N4O8. The van der Waals surface area contributed by atoms with Crippen LogP contribution in [0.3, 0.4) is 0 Å². The molecule has 4 aromatic rings. The summed E-state index contributed by atoms with van der Waals surface area (Å²) < 4.78 is 29.2. The van der Waals surface area contributed by atoms with Crippen molar-refractivity contribution in [3.8, 4) is 51.7 Å². The Labute approximate surface area is 314 Å². The lowest BCUT2D eigenvalue weighted by Gasteiger charge is -2.56. The fourth-order valence-corrected chi connectivity index (χ4v) is 9.83. The zero-order chi connectivity index (χ0) is 38.0. The molecule has 0 unspecified atom stereocenters. The summed E-state index contributed by atoms with van der Waals surface area (Å²) in [5.74, 6) is 1.54. The zero-order valence-electron chi connectivity index (χ0n) is 31.1. The van der Waals surface area contributed by atoms with Crippen LogP contribution in [0.25, 0.3) is 11.1 Å². The van der Waals surface area contributed by atoms with Crippen molar-refractivity contribution in [2.45, 2.75) is 62.8 Å². The molecule has 0 spiro atoms. The van der Waals surface area contributed by atoms with Gasteiger partial charge in [0.2, 0.25) is 0 Å². The predicted molar refractivity (Wildman–Crippen MR) is 200 cm³/mol. The largest absolute Gasteiger partial charge is 0.504 e. The molecule has 1 aliphatic carbocycles. The third kappa shape index (κ3) is 5.13. The Morgan fingerprint density at radius 2 is 1.37 bits per heavy atom. The molecular weight excluding hydrogens is 688 g/mol. The van der Waals surface area contributed by atoms with Crippen molar-refractivity contribution in [2.24, 2.45) is 0 Å². The molecule has 0 saturated carbocycles. The van der Waals surface area contributed by atoms with Gasteiger partial charge < -0.3 is 44.5 Å². The van der Waals surface area contributed by atoms with Crippen LogP contribution in [0.2, 0.25) is 0 Å². The van der Waals surface area contributed by atoms with Gasteiger partial charge in [0.25, 0.3) is 0 Å². The third-order valence-corrected chi connectivity index (χ3v) is 11.9. The fourth-order valence-electron chi connectivity index (χ4n) is 9.83. The van der Waals surface area contributed by atoms with Crippen LogP contribution in [0.5, 0.6) is 34.5 Å². The van der Waals surface area contributed by atoms with Gasteiger partial charge in [-0.05, 0) is 48.9 Å². The number of hydrogen-bond donors (Lipinski definition) is 4.